The summed E-state index contributed by atoms with van der Waals surface area (Å²) in [6, 6.07) is 14.9. The van der Waals surface area contributed by atoms with Crippen molar-refractivity contribution in [2.24, 2.45) is 0 Å². The molecule has 0 aliphatic heterocycles. The van der Waals surface area contributed by atoms with Gasteiger partial charge in [-0.1, -0.05) is 47.5 Å². The molecule has 1 amide bonds. The molecule has 0 heterocycles. The van der Waals surface area contributed by atoms with E-state index in [1.54, 1.807) is 0 Å². The standard InChI is InChI=1S/C18H20Cl2N2O/c1-13(22(2)12-15-5-9-17(20)10-6-15)18(23)21-11-14-3-7-16(19)8-4-14/h3-10,13H,11-12H2,1-2H3,(H,21,23). The van der Waals surface area contributed by atoms with Gasteiger partial charge in [-0.05, 0) is 49.4 Å². The van der Waals surface area contributed by atoms with Gasteiger partial charge in [0, 0.05) is 23.1 Å². The Morgan fingerprint density at radius 2 is 1.48 bits per heavy atom. The van der Waals surface area contributed by atoms with Crippen LogP contribution in [0.1, 0.15) is 18.1 Å². The van der Waals surface area contributed by atoms with Gasteiger partial charge in [0.1, 0.15) is 0 Å². The van der Waals surface area contributed by atoms with E-state index in [1.807, 2.05) is 67.4 Å². The molecule has 0 spiro atoms. The zero-order valence-corrected chi connectivity index (χ0v) is 14.7. The fourth-order valence-corrected chi connectivity index (χ4v) is 2.41. The van der Waals surface area contributed by atoms with Crippen LogP contribution < -0.4 is 5.32 Å². The van der Waals surface area contributed by atoms with Crippen LogP contribution in [0.15, 0.2) is 48.5 Å². The number of halogens is 2. The van der Waals surface area contributed by atoms with Gasteiger partial charge in [-0.3, -0.25) is 9.69 Å². The first-order valence-corrected chi connectivity index (χ1v) is 8.18. The minimum absolute atomic E-state index is 0.00332. The monoisotopic (exact) mass is 350 g/mol. The van der Waals surface area contributed by atoms with Crippen molar-refractivity contribution in [1.82, 2.24) is 10.2 Å². The van der Waals surface area contributed by atoms with Crippen LogP contribution in [0.5, 0.6) is 0 Å². The molecule has 2 aromatic carbocycles. The summed E-state index contributed by atoms with van der Waals surface area (Å²) < 4.78 is 0. The second-order valence-corrected chi connectivity index (χ2v) is 6.43. The summed E-state index contributed by atoms with van der Waals surface area (Å²) >= 11 is 11.7. The maximum Gasteiger partial charge on any atom is 0.237 e. The van der Waals surface area contributed by atoms with Crippen molar-refractivity contribution in [3.05, 3.63) is 69.7 Å². The second-order valence-electron chi connectivity index (χ2n) is 5.56. The number of hydrogen-bond acceptors (Lipinski definition) is 2. The third kappa shape index (κ3) is 5.54. The van der Waals surface area contributed by atoms with Crippen molar-refractivity contribution < 1.29 is 4.79 Å². The molecule has 3 nitrogen and oxygen atoms in total. The SMILES string of the molecule is CC(C(=O)NCc1ccc(Cl)cc1)N(C)Cc1ccc(Cl)cc1. The van der Waals surface area contributed by atoms with E-state index in [4.69, 9.17) is 23.2 Å². The minimum atomic E-state index is -0.224. The summed E-state index contributed by atoms with van der Waals surface area (Å²) in [4.78, 5) is 14.3. The number of carbonyl (C=O) groups is 1. The molecule has 0 aliphatic carbocycles. The Balaban J connectivity index is 1.85. The lowest BCUT2D eigenvalue weighted by molar-refractivity contribution is -0.125. The van der Waals surface area contributed by atoms with E-state index >= 15 is 0 Å². The number of nitrogens with zero attached hydrogens (tertiary/aromatic N) is 1. The van der Waals surface area contributed by atoms with Crippen molar-refractivity contribution >= 4 is 29.1 Å². The summed E-state index contributed by atoms with van der Waals surface area (Å²) in [6.07, 6.45) is 0. The van der Waals surface area contributed by atoms with Crippen LogP contribution in [0.3, 0.4) is 0 Å². The lowest BCUT2D eigenvalue weighted by atomic mass is 10.2. The Morgan fingerprint density at radius 1 is 1.00 bits per heavy atom. The van der Waals surface area contributed by atoms with Crippen molar-refractivity contribution in [2.45, 2.75) is 26.1 Å². The number of benzene rings is 2. The van der Waals surface area contributed by atoms with Gasteiger partial charge >= 0.3 is 0 Å². The molecule has 1 atom stereocenters. The average molecular weight is 351 g/mol. The van der Waals surface area contributed by atoms with Crippen LogP contribution in [0.4, 0.5) is 0 Å². The number of likely N-dealkylation sites (N-methyl/N-ethyl adjacent to an activating group) is 1. The molecule has 23 heavy (non-hydrogen) atoms. The molecule has 2 rings (SSSR count). The van der Waals surface area contributed by atoms with E-state index in [2.05, 4.69) is 5.32 Å². The van der Waals surface area contributed by atoms with Gasteiger partial charge in [0.25, 0.3) is 0 Å². The van der Waals surface area contributed by atoms with Gasteiger partial charge in [-0.2, -0.15) is 0 Å². The van der Waals surface area contributed by atoms with Crippen molar-refractivity contribution in [3.63, 3.8) is 0 Å². The third-order valence-corrected chi connectivity index (χ3v) is 4.27. The van der Waals surface area contributed by atoms with Crippen molar-refractivity contribution in [3.8, 4) is 0 Å². The summed E-state index contributed by atoms with van der Waals surface area (Å²) in [6.45, 7) is 3.08. The Labute approximate surface area is 147 Å². The first kappa shape index (κ1) is 17.8. The summed E-state index contributed by atoms with van der Waals surface area (Å²) in [5, 5.41) is 4.35. The molecule has 1 N–H and O–H groups in total. The Bertz CT molecular complexity index is 641. The van der Waals surface area contributed by atoms with E-state index in [1.165, 1.54) is 0 Å². The number of nitrogens with one attached hydrogen (secondary N) is 1. The van der Waals surface area contributed by atoms with Crippen LogP contribution >= 0.6 is 23.2 Å². The summed E-state index contributed by atoms with van der Waals surface area (Å²) in [7, 11) is 1.93. The van der Waals surface area contributed by atoms with Gasteiger partial charge in [0.05, 0.1) is 6.04 Å². The van der Waals surface area contributed by atoms with E-state index in [-0.39, 0.29) is 11.9 Å². The predicted molar refractivity (Wildman–Crippen MR) is 95.7 cm³/mol. The maximum absolute atomic E-state index is 12.3. The highest BCUT2D eigenvalue weighted by Gasteiger charge is 2.17. The molecule has 0 bridgehead atoms. The van der Waals surface area contributed by atoms with Crippen LogP contribution in [-0.4, -0.2) is 23.9 Å². The van der Waals surface area contributed by atoms with Crippen molar-refractivity contribution in [1.29, 1.82) is 0 Å². The quantitative estimate of drug-likeness (QED) is 0.849. The zero-order valence-electron chi connectivity index (χ0n) is 13.2. The normalized spacial score (nSPS) is 12.2. The summed E-state index contributed by atoms with van der Waals surface area (Å²) in [5.74, 6) is -0.00332. The molecule has 0 radical (unpaired) electrons. The van der Waals surface area contributed by atoms with Crippen LogP contribution in [0, 0.1) is 0 Å². The highest BCUT2D eigenvalue weighted by atomic mass is 35.5. The van der Waals surface area contributed by atoms with Gasteiger partial charge in [0.15, 0.2) is 0 Å². The predicted octanol–water partition coefficient (Wildman–Crippen LogP) is 4.13. The minimum Gasteiger partial charge on any atom is -0.351 e. The molecule has 0 aromatic heterocycles. The summed E-state index contributed by atoms with van der Waals surface area (Å²) in [5.41, 5.74) is 2.14. The maximum atomic E-state index is 12.3. The van der Waals surface area contributed by atoms with E-state index < -0.39 is 0 Å². The molecule has 5 heteroatoms. The van der Waals surface area contributed by atoms with Crippen LogP contribution in [0.25, 0.3) is 0 Å². The molecular weight excluding hydrogens is 331 g/mol. The number of rotatable bonds is 6. The van der Waals surface area contributed by atoms with Gasteiger partial charge in [-0.15, -0.1) is 0 Å². The fraction of sp³-hybridized carbons (Fsp3) is 0.278. The first-order chi connectivity index (χ1) is 11.0. The van der Waals surface area contributed by atoms with Gasteiger partial charge in [-0.25, -0.2) is 0 Å². The molecule has 122 valence electrons. The van der Waals surface area contributed by atoms with E-state index in [9.17, 15) is 4.79 Å². The third-order valence-electron chi connectivity index (χ3n) is 3.77. The smallest absolute Gasteiger partial charge is 0.237 e. The average Bonchev–Trinajstić information content (AvgIpc) is 2.55. The van der Waals surface area contributed by atoms with Gasteiger partial charge < -0.3 is 5.32 Å². The first-order valence-electron chi connectivity index (χ1n) is 7.42. The molecule has 0 aliphatic rings. The fourth-order valence-electron chi connectivity index (χ4n) is 2.15. The molecule has 0 saturated heterocycles. The van der Waals surface area contributed by atoms with Crippen molar-refractivity contribution in [2.75, 3.05) is 7.05 Å². The van der Waals surface area contributed by atoms with E-state index in [0.29, 0.717) is 23.1 Å². The van der Waals surface area contributed by atoms with Crippen LogP contribution in [0.2, 0.25) is 10.0 Å². The Hall–Kier alpha value is -1.55. The highest BCUT2D eigenvalue weighted by molar-refractivity contribution is 6.30. The lowest BCUT2D eigenvalue weighted by Gasteiger charge is -2.24. The Morgan fingerprint density at radius 3 is 2.00 bits per heavy atom. The Kier molecular flexibility index (Phi) is 6.46. The number of amides is 1. The zero-order chi connectivity index (χ0) is 16.8. The molecule has 0 saturated carbocycles. The largest absolute Gasteiger partial charge is 0.351 e. The molecule has 2 aromatic rings. The lowest BCUT2D eigenvalue weighted by Crippen LogP contribution is -2.42. The van der Waals surface area contributed by atoms with E-state index in [0.717, 1.165) is 11.1 Å². The van der Waals surface area contributed by atoms with Crippen LogP contribution in [-0.2, 0) is 17.9 Å². The van der Waals surface area contributed by atoms with Gasteiger partial charge in [0.2, 0.25) is 5.91 Å². The second kappa shape index (κ2) is 8.34. The number of hydrogen-bond donors (Lipinski definition) is 1. The highest BCUT2D eigenvalue weighted by Crippen LogP contribution is 2.12. The number of carbonyl (C=O) groups excluding carboxylic acids is 1. The molecular formula is C18H20Cl2N2O. The molecule has 1 unspecified atom stereocenters. The molecule has 0 fully saturated rings. The topological polar surface area (TPSA) is 32.3 Å².